The van der Waals surface area contributed by atoms with Crippen LogP contribution in [0.2, 0.25) is 0 Å². The van der Waals surface area contributed by atoms with E-state index in [9.17, 15) is 0 Å². The molecular weight excluding hydrogens is 590 g/mol. The molecule has 0 nitrogen and oxygen atoms in total. The van der Waals surface area contributed by atoms with Gasteiger partial charge in [-0.1, -0.05) is 52.4 Å². The molecule has 0 heterocycles. The molecular formula is C28H36Cl2Zr2-2. The summed E-state index contributed by atoms with van der Waals surface area (Å²) in [5, 5.41) is 0. The number of unbranched alkanes of at least 4 members (excludes halogenated alkanes) is 2. The normalized spacial score (nSPS) is 14.7. The summed E-state index contributed by atoms with van der Waals surface area (Å²) in [4.78, 5) is 0. The van der Waals surface area contributed by atoms with Crippen LogP contribution >= 0.6 is 0 Å². The third kappa shape index (κ3) is 24.9. The number of hydrogen-bond donors (Lipinski definition) is 0. The summed E-state index contributed by atoms with van der Waals surface area (Å²) < 4.78 is 0. The quantitative estimate of drug-likeness (QED) is 0.398. The Balaban J connectivity index is -0.000000161. The van der Waals surface area contributed by atoms with Crippen LogP contribution in [-0.2, 0) is 52.4 Å². The van der Waals surface area contributed by atoms with E-state index in [1.807, 2.05) is 24.3 Å². The van der Waals surface area contributed by atoms with Crippen molar-refractivity contribution in [1.82, 2.24) is 0 Å². The molecule has 4 aliphatic carbocycles. The van der Waals surface area contributed by atoms with E-state index in [0.29, 0.717) is 0 Å². The number of allylic oxidation sites excluding steroid dienone is 16. The first kappa shape index (κ1) is 39.5. The average molecular weight is 626 g/mol. The molecule has 0 fully saturated rings. The predicted molar refractivity (Wildman–Crippen MR) is 123 cm³/mol. The fourth-order valence-electron chi connectivity index (χ4n) is 2.66. The maximum atomic E-state index is 3.30. The van der Waals surface area contributed by atoms with Gasteiger partial charge >= 0.3 is 52.4 Å². The largest absolute Gasteiger partial charge is 2.00 e. The zero-order valence-electron chi connectivity index (χ0n) is 19.6. The third-order valence-corrected chi connectivity index (χ3v) is 4.30. The van der Waals surface area contributed by atoms with E-state index in [1.165, 1.54) is 49.7 Å². The second-order valence-corrected chi connectivity index (χ2v) is 6.83. The van der Waals surface area contributed by atoms with E-state index in [0.717, 1.165) is 25.7 Å². The van der Waals surface area contributed by atoms with Gasteiger partial charge in [0.15, 0.2) is 0 Å². The van der Waals surface area contributed by atoms with Crippen LogP contribution < -0.4 is 24.8 Å². The summed E-state index contributed by atoms with van der Waals surface area (Å²) in [6.45, 7) is 4.44. The first-order valence-electron chi connectivity index (χ1n) is 10.8. The van der Waals surface area contributed by atoms with Crippen molar-refractivity contribution in [3.8, 4) is 0 Å². The zero-order chi connectivity index (χ0) is 20.1. The van der Waals surface area contributed by atoms with Crippen molar-refractivity contribution in [2.45, 2.75) is 78.1 Å². The van der Waals surface area contributed by atoms with Gasteiger partial charge in [0.1, 0.15) is 0 Å². The molecule has 0 aromatic carbocycles. The molecule has 0 amide bonds. The fourth-order valence-corrected chi connectivity index (χ4v) is 2.66. The molecule has 0 spiro atoms. The van der Waals surface area contributed by atoms with Crippen LogP contribution in [0, 0.1) is 24.3 Å². The number of rotatable bonds is 6. The smallest absolute Gasteiger partial charge is 1.00 e. The summed E-state index contributed by atoms with van der Waals surface area (Å²) >= 11 is 0. The molecule has 0 N–H and O–H groups in total. The van der Waals surface area contributed by atoms with E-state index in [2.05, 4.69) is 74.6 Å². The Kier molecular flexibility index (Phi) is 38.6. The Morgan fingerprint density at radius 1 is 0.625 bits per heavy atom. The Labute approximate surface area is 249 Å². The van der Waals surface area contributed by atoms with Crippen molar-refractivity contribution in [1.29, 1.82) is 0 Å². The maximum absolute atomic E-state index is 3.30. The minimum atomic E-state index is 0. The van der Waals surface area contributed by atoms with Crippen LogP contribution in [0.15, 0.2) is 71.9 Å². The molecule has 0 aromatic heterocycles. The van der Waals surface area contributed by atoms with Crippen molar-refractivity contribution in [2.75, 3.05) is 0 Å². The van der Waals surface area contributed by atoms with Gasteiger partial charge < -0.3 is 24.8 Å². The van der Waals surface area contributed by atoms with Gasteiger partial charge in [0.25, 0.3) is 0 Å². The number of halogens is 2. The van der Waals surface area contributed by atoms with Gasteiger partial charge in [-0.25, -0.2) is 47.6 Å². The fraction of sp³-hybridized carbons (Fsp3) is 0.429. The second kappa shape index (κ2) is 31.3. The van der Waals surface area contributed by atoms with Gasteiger partial charge in [0, 0.05) is 0 Å². The Morgan fingerprint density at radius 2 is 1.03 bits per heavy atom. The molecule has 0 radical (unpaired) electrons. The van der Waals surface area contributed by atoms with Crippen molar-refractivity contribution in [3.05, 3.63) is 96.2 Å². The maximum Gasteiger partial charge on any atom is 2.00 e. The molecule has 0 aliphatic heterocycles. The van der Waals surface area contributed by atoms with Gasteiger partial charge in [-0.05, 0) is 0 Å². The van der Waals surface area contributed by atoms with Crippen molar-refractivity contribution in [3.63, 3.8) is 0 Å². The zero-order valence-corrected chi connectivity index (χ0v) is 26.0. The minimum Gasteiger partial charge on any atom is -1.00 e. The van der Waals surface area contributed by atoms with E-state index in [4.69, 9.17) is 0 Å². The second-order valence-electron chi connectivity index (χ2n) is 6.83. The van der Waals surface area contributed by atoms with Gasteiger partial charge in [-0.2, -0.15) is 24.3 Å². The molecule has 0 saturated carbocycles. The molecule has 172 valence electrons. The van der Waals surface area contributed by atoms with Crippen molar-refractivity contribution < 1.29 is 77.2 Å². The minimum absolute atomic E-state index is 0. The Bertz CT molecular complexity index is 560. The molecule has 0 aromatic rings. The standard InChI is InChI=1S/2C9H13.2C5H5.2ClH.2Zr/c2*1-2-3-6-9-7-4-5-8-9;2*1-2-4-5-3-1;;;;/h2*4,7H,2-3,5-6H2,1H3;2*1-3H,4H2;2*1H;;/q4*-1;;;2*+2/p-2. The van der Waals surface area contributed by atoms with Crippen LogP contribution in [0.5, 0.6) is 0 Å². The SMILES string of the molecule is CCCCC1=[C-]CC=C1.CCCCC1=[C-]CC=C1.[C-]1=CC=CC1.[C-]1=CC=CC1.[Cl-].[Cl-].[Zr+2].[Zr+2]. The van der Waals surface area contributed by atoms with Gasteiger partial charge in [-0.3, -0.25) is 24.3 Å². The molecule has 0 unspecified atom stereocenters. The Hall–Kier alpha value is 0.266. The van der Waals surface area contributed by atoms with E-state index < -0.39 is 0 Å². The van der Waals surface area contributed by atoms with Gasteiger partial charge in [0.2, 0.25) is 0 Å². The first-order valence-corrected chi connectivity index (χ1v) is 10.8. The molecule has 0 saturated heterocycles. The summed E-state index contributed by atoms with van der Waals surface area (Å²) in [7, 11) is 0. The molecule has 4 aliphatic rings. The van der Waals surface area contributed by atoms with E-state index in [1.54, 1.807) is 0 Å². The van der Waals surface area contributed by atoms with Crippen LogP contribution in [-0.4, -0.2) is 0 Å². The van der Waals surface area contributed by atoms with Gasteiger partial charge in [-0.15, -0.1) is 25.7 Å². The molecule has 4 heteroatoms. The van der Waals surface area contributed by atoms with Crippen LogP contribution in [0.3, 0.4) is 0 Å². The van der Waals surface area contributed by atoms with Crippen molar-refractivity contribution >= 4 is 0 Å². The Morgan fingerprint density at radius 3 is 1.22 bits per heavy atom. The summed E-state index contributed by atoms with van der Waals surface area (Å²) in [6.07, 6.45) is 45.1. The average Bonchev–Trinajstić information content (AvgIpc) is 3.57. The van der Waals surface area contributed by atoms with Crippen LogP contribution in [0.25, 0.3) is 0 Å². The monoisotopic (exact) mass is 622 g/mol. The molecule has 0 bridgehead atoms. The topological polar surface area (TPSA) is 0 Å². The number of hydrogen-bond acceptors (Lipinski definition) is 0. The first-order chi connectivity index (χ1) is 13.9. The van der Waals surface area contributed by atoms with Crippen LogP contribution in [0.4, 0.5) is 0 Å². The molecule has 32 heavy (non-hydrogen) atoms. The van der Waals surface area contributed by atoms with Crippen molar-refractivity contribution in [2.24, 2.45) is 0 Å². The summed E-state index contributed by atoms with van der Waals surface area (Å²) in [5.41, 5.74) is 2.83. The van der Waals surface area contributed by atoms with E-state index >= 15 is 0 Å². The van der Waals surface area contributed by atoms with E-state index in [-0.39, 0.29) is 77.2 Å². The molecule has 4 rings (SSSR count). The molecule has 0 atom stereocenters. The summed E-state index contributed by atoms with van der Waals surface area (Å²) in [6, 6.07) is 0. The third-order valence-electron chi connectivity index (χ3n) is 4.30. The summed E-state index contributed by atoms with van der Waals surface area (Å²) in [5.74, 6) is 0. The van der Waals surface area contributed by atoms with Gasteiger partial charge in [0.05, 0.1) is 0 Å². The predicted octanol–water partition coefficient (Wildman–Crippen LogP) is 2.35. The van der Waals surface area contributed by atoms with Crippen LogP contribution in [0.1, 0.15) is 78.1 Å².